The molecule has 0 aromatic heterocycles. The fraction of sp³-hybridized carbons (Fsp3) is 0.650. The van der Waals surface area contributed by atoms with Gasteiger partial charge in [-0.3, -0.25) is 4.79 Å². The predicted molar refractivity (Wildman–Crippen MR) is 115 cm³/mol. The van der Waals surface area contributed by atoms with E-state index >= 15 is 0 Å². The summed E-state index contributed by atoms with van der Waals surface area (Å²) in [5, 5.41) is 0. The predicted octanol–water partition coefficient (Wildman–Crippen LogP) is 1.18. The van der Waals surface area contributed by atoms with Crippen molar-refractivity contribution in [1.29, 1.82) is 0 Å². The van der Waals surface area contributed by atoms with Crippen LogP contribution >= 0.6 is 0 Å². The molecule has 2 aliphatic heterocycles. The molecule has 0 bridgehead atoms. The summed E-state index contributed by atoms with van der Waals surface area (Å²) >= 11 is 0. The molecule has 2 heterocycles. The molecule has 2 atom stereocenters. The molecule has 0 aliphatic carbocycles. The van der Waals surface area contributed by atoms with Gasteiger partial charge in [-0.1, -0.05) is 17.7 Å². The maximum absolute atomic E-state index is 13.0. The van der Waals surface area contributed by atoms with E-state index in [1.165, 1.54) is 10.6 Å². The maximum atomic E-state index is 13.0. The first-order valence-corrected chi connectivity index (χ1v) is 13.7. The molecule has 2 aliphatic rings. The van der Waals surface area contributed by atoms with Crippen LogP contribution in [0.15, 0.2) is 29.2 Å². The highest BCUT2D eigenvalue weighted by Gasteiger charge is 2.34. The van der Waals surface area contributed by atoms with Crippen molar-refractivity contribution in [3.05, 3.63) is 29.8 Å². The largest absolute Gasteiger partial charge is 0.342 e. The standard InChI is InChI=1S/C20H31N3O5S2/c1-16-7-9-19(10-8-16)30(27,28)21-13-17-5-3-11-22(14-17)20(24)18-6-4-12-23(15-18)29(2,25)26/h7-10,17-18,21H,3-6,11-15H2,1-2H3. The van der Waals surface area contributed by atoms with E-state index < -0.39 is 20.0 Å². The van der Waals surface area contributed by atoms with E-state index in [9.17, 15) is 21.6 Å². The van der Waals surface area contributed by atoms with Gasteiger partial charge in [-0.15, -0.1) is 0 Å². The molecule has 1 aromatic carbocycles. The number of piperidine rings is 2. The number of hydrogen-bond donors (Lipinski definition) is 1. The van der Waals surface area contributed by atoms with Crippen LogP contribution in [0.3, 0.4) is 0 Å². The lowest BCUT2D eigenvalue weighted by molar-refractivity contribution is -0.138. The molecular weight excluding hydrogens is 426 g/mol. The molecule has 10 heteroatoms. The SMILES string of the molecule is Cc1ccc(S(=O)(=O)NCC2CCCN(C(=O)C3CCCN(S(C)(=O)=O)C3)C2)cc1. The summed E-state index contributed by atoms with van der Waals surface area (Å²) in [5.41, 5.74) is 0.993. The molecule has 8 nitrogen and oxygen atoms in total. The Labute approximate surface area is 179 Å². The summed E-state index contributed by atoms with van der Waals surface area (Å²) in [6.45, 7) is 4.00. The molecule has 1 amide bonds. The normalized spacial score (nSPS) is 24.0. The topological polar surface area (TPSA) is 104 Å². The number of nitrogens with one attached hydrogen (secondary N) is 1. The van der Waals surface area contributed by atoms with E-state index in [0.717, 1.165) is 18.4 Å². The highest BCUT2D eigenvalue weighted by molar-refractivity contribution is 7.89. The van der Waals surface area contributed by atoms with E-state index in [1.54, 1.807) is 29.2 Å². The first kappa shape index (κ1) is 23.2. The lowest BCUT2D eigenvalue weighted by atomic mass is 9.94. The van der Waals surface area contributed by atoms with Crippen molar-refractivity contribution in [2.24, 2.45) is 11.8 Å². The van der Waals surface area contributed by atoms with Crippen molar-refractivity contribution in [2.45, 2.75) is 37.5 Å². The third kappa shape index (κ3) is 5.81. The smallest absolute Gasteiger partial charge is 0.240 e. The molecular formula is C20H31N3O5S2. The quantitative estimate of drug-likeness (QED) is 0.691. The average molecular weight is 458 g/mol. The van der Waals surface area contributed by atoms with Crippen LogP contribution in [-0.4, -0.2) is 70.9 Å². The molecule has 2 saturated heterocycles. The van der Waals surface area contributed by atoms with Gasteiger partial charge in [0.2, 0.25) is 26.0 Å². The number of rotatable bonds is 6. The highest BCUT2D eigenvalue weighted by atomic mass is 32.2. The van der Waals surface area contributed by atoms with E-state index in [0.29, 0.717) is 32.5 Å². The zero-order chi connectivity index (χ0) is 21.9. The summed E-state index contributed by atoms with van der Waals surface area (Å²) in [6, 6.07) is 6.70. The monoisotopic (exact) mass is 457 g/mol. The van der Waals surface area contributed by atoms with Crippen LogP contribution in [0.5, 0.6) is 0 Å². The second-order valence-electron chi connectivity index (χ2n) is 8.42. The van der Waals surface area contributed by atoms with Crippen LogP contribution in [0, 0.1) is 18.8 Å². The van der Waals surface area contributed by atoms with Crippen molar-refractivity contribution >= 4 is 26.0 Å². The van der Waals surface area contributed by atoms with Gasteiger partial charge in [0.25, 0.3) is 0 Å². The molecule has 168 valence electrons. The van der Waals surface area contributed by atoms with Crippen molar-refractivity contribution < 1.29 is 21.6 Å². The molecule has 0 spiro atoms. The van der Waals surface area contributed by atoms with Crippen LogP contribution < -0.4 is 4.72 Å². The Hall–Kier alpha value is -1.49. The van der Waals surface area contributed by atoms with Gasteiger partial charge in [-0.25, -0.2) is 25.9 Å². The van der Waals surface area contributed by atoms with E-state index in [4.69, 9.17) is 0 Å². The van der Waals surface area contributed by atoms with Gasteiger partial charge in [0.1, 0.15) is 0 Å². The molecule has 3 rings (SSSR count). The van der Waals surface area contributed by atoms with Crippen molar-refractivity contribution in [2.75, 3.05) is 39.0 Å². The molecule has 0 radical (unpaired) electrons. The highest BCUT2D eigenvalue weighted by Crippen LogP contribution is 2.24. The van der Waals surface area contributed by atoms with Crippen LogP contribution in [0.4, 0.5) is 0 Å². The summed E-state index contributed by atoms with van der Waals surface area (Å²) in [5.74, 6) is -0.302. The van der Waals surface area contributed by atoms with Crippen molar-refractivity contribution in [1.82, 2.24) is 13.9 Å². The van der Waals surface area contributed by atoms with Crippen LogP contribution in [0.1, 0.15) is 31.2 Å². The zero-order valence-electron chi connectivity index (χ0n) is 17.6. The molecule has 1 aromatic rings. The minimum Gasteiger partial charge on any atom is -0.342 e. The van der Waals surface area contributed by atoms with Crippen LogP contribution in [0.2, 0.25) is 0 Å². The van der Waals surface area contributed by atoms with Gasteiger partial charge in [0, 0.05) is 32.7 Å². The number of nitrogens with zero attached hydrogens (tertiary/aromatic N) is 2. The van der Waals surface area contributed by atoms with Gasteiger partial charge < -0.3 is 4.90 Å². The number of benzene rings is 1. The fourth-order valence-electron chi connectivity index (χ4n) is 4.16. The van der Waals surface area contributed by atoms with Crippen molar-refractivity contribution in [3.63, 3.8) is 0 Å². The first-order valence-electron chi connectivity index (χ1n) is 10.4. The summed E-state index contributed by atoms with van der Waals surface area (Å²) in [6.07, 6.45) is 4.20. The minimum atomic E-state index is -3.59. The Balaban J connectivity index is 1.57. The van der Waals surface area contributed by atoms with E-state index in [2.05, 4.69) is 4.72 Å². The third-order valence-electron chi connectivity index (χ3n) is 5.93. The van der Waals surface area contributed by atoms with Gasteiger partial charge in [-0.05, 0) is 50.7 Å². The number of aryl methyl sites for hydroxylation is 1. The summed E-state index contributed by atoms with van der Waals surface area (Å²) in [7, 11) is -6.89. The average Bonchev–Trinajstić information content (AvgIpc) is 2.72. The molecule has 2 unspecified atom stereocenters. The second kappa shape index (κ2) is 9.33. The Bertz CT molecular complexity index is 961. The Morgan fingerprint density at radius 1 is 1.03 bits per heavy atom. The summed E-state index contributed by atoms with van der Waals surface area (Å²) < 4.78 is 52.8. The van der Waals surface area contributed by atoms with Crippen LogP contribution in [-0.2, 0) is 24.8 Å². The lowest BCUT2D eigenvalue weighted by Gasteiger charge is -2.37. The van der Waals surface area contributed by atoms with Gasteiger partial charge in [0.15, 0.2) is 0 Å². The number of hydrogen-bond acceptors (Lipinski definition) is 5. The van der Waals surface area contributed by atoms with E-state index in [1.807, 2.05) is 6.92 Å². The van der Waals surface area contributed by atoms with Crippen LogP contribution in [0.25, 0.3) is 0 Å². The minimum absolute atomic E-state index is 0.0190. The fourth-order valence-corrected chi connectivity index (χ4v) is 6.19. The van der Waals surface area contributed by atoms with Gasteiger partial charge in [-0.2, -0.15) is 0 Å². The Morgan fingerprint density at radius 3 is 2.37 bits per heavy atom. The number of likely N-dealkylation sites (tertiary alicyclic amines) is 1. The Kier molecular flexibility index (Phi) is 7.21. The number of carbonyl (C=O) groups is 1. The van der Waals surface area contributed by atoms with Crippen molar-refractivity contribution in [3.8, 4) is 0 Å². The first-order chi connectivity index (χ1) is 14.1. The second-order valence-corrected chi connectivity index (χ2v) is 12.2. The molecule has 1 N–H and O–H groups in total. The zero-order valence-corrected chi connectivity index (χ0v) is 19.2. The third-order valence-corrected chi connectivity index (χ3v) is 8.64. The number of carbonyl (C=O) groups excluding carboxylic acids is 1. The Morgan fingerprint density at radius 2 is 1.70 bits per heavy atom. The number of amides is 1. The lowest BCUT2D eigenvalue weighted by Crippen LogP contribution is -2.50. The van der Waals surface area contributed by atoms with Gasteiger partial charge >= 0.3 is 0 Å². The molecule has 0 saturated carbocycles. The summed E-state index contributed by atoms with van der Waals surface area (Å²) in [4.78, 5) is 15.0. The molecule has 30 heavy (non-hydrogen) atoms. The maximum Gasteiger partial charge on any atom is 0.240 e. The van der Waals surface area contributed by atoms with E-state index in [-0.39, 0.29) is 35.7 Å². The van der Waals surface area contributed by atoms with Gasteiger partial charge in [0.05, 0.1) is 17.1 Å². The molecule has 2 fully saturated rings. The number of sulfonamides is 2.